The molecule has 0 aliphatic rings. The van der Waals surface area contributed by atoms with E-state index in [0.29, 0.717) is 23.0 Å². The summed E-state index contributed by atoms with van der Waals surface area (Å²) in [4.78, 5) is 7.09. The molecule has 1 aromatic heterocycles. The third kappa shape index (κ3) is 2.27. The van der Waals surface area contributed by atoms with Gasteiger partial charge in [0.1, 0.15) is 17.3 Å². The van der Waals surface area contributed by atoms with Crippen molar-refractivity contribution in [2.45, 2.75) is 6.61 Å². The van der Waals surface area contributed by atoms with E-state index in [4.69, 9.17) is 26.2 Å². The molecule has 18 heavy (non-hydrogen) atoms. The molecule has 5 nitrogen and oxygen atoms in total. The van der Waals surface area contributed by atoms with Crippen LogP contribution in [0.5, 0.6) is 11.5 Å². The Balaban J connectivity index is 2.48. The molecule has 2 N–H and O–H groups in total. The monoisotopic (exact) mass is 268 g/mol. The Hall–Kier alpha value is -1.72. The second kappa shape index (κ2) is 5.29. The predicted molar refractivity (Wildman–Crippen MR) is 68.1 cm³/mol. The van der Waals surface area contributed by atoms with Crippen LogP contribution in [-0.2, 0) is 6.61 Å². The number of imidazole rings is 1. The van der Waals surface area contributed by atoms with E-state index < -0.39 is 0 Å². The summed E-state index contributed by atoms with van der Waals surface area (Å²) in [7, 11) is 3.15. The molecule has 96 valence electrons. The zero-order valence-corrected chi connectivity index (χ0v) is 10.8. The van der Waals surface area contributed by atoms with Gasteiger partial charge >= 0.3 is 0 Å². The highest BCUT2D eigenvalue weighted by Crippen LogP contribution is 2.32. The molecule has 0 unspecified atom stereocenters. The number of nitrogens with zero attached hydrogens (tertiary/aromatic N) is 1. The van der Waals surface area contributed by atoms with Gasteiger partial charge in [-0.2, -0.15) is 0 Å². The number of methoxy groups -OCH3 is 2. The number of hydrogen-bond donors (Lipinski definition) is 2. The summed E-state index contributed by atoms with van der Waals surface area (Å²) < 4.78 is 10.4. The average molecular weight is 269 g/mol. The third-order valence-electron chi connectivity index (χ3n) is 2.55. The fourth-order valence-electron chi connectivity index (χ4n) is 1.61. The molecule has 0 atom stereocenters. The molecule has 2 aromatic rings. The fraction of sp³-hybridized carbons (Fsp3) is 0.250. The van der Waals surface area contributed by atoms with Gasteiger partial charge in [0, 0.05) is 6.07 Å². The molecule has 0 spiro atoms. The Morgan fingerprint density at radius 2 is 2.11 bits per heavy atom. The Kier molecular flexibility index (Phi) is 3.74. The zero-order valence-electron chi connectivity index (χ0n) is 10.0. The topological polar surface area (TPSA) is 67.4 Å². The highest BCUT2D eigenvalue weighted by Gasteiger charge is 2.13. The number of H-pyrrole nitrogens is 1. The first kappa shape index (κ1) is 12.7. The third-order valence-corrected chi connectivity index (χ3v) is 2.86. The normalized spacial score (nSPS) is 10.4. The number of hydrogen-bond acceptors (Lipinski definition) is 4. The van der Waals surface area contributed by atoms with E-state index in [9.17, 15) is 0 Å². The molecule has 0 aliphatic carbocycles. The smallest absolute Gasteiger partial charge is 0.153 e. The standard InChI is InChI=1S/C12H13ClN2O3/c1-17-7-3-4-8(10(5-7)18-2)12-14-9(6-16)11(13)15-12/h3-5,16H,6H2,1-2H3,(H,14,15). The molecular formula is C12H13ClN2O3. The van der Waals surface area contributed by atoms with Gasteiger partial charge < -0.3 is 19.6 Å². The minimum Gasteiger partial charge on any atom is -0.497 e. The van der Waals surface area contributed by atoms with E-state index in [0.717, 1.165) is 5.56 Å². The van der Waals surface area contributed by atoms with Gasteiger partial charge in [0.15, 0.2) is 5.15 Å². The minimum absolute atomic E-state index is 0.190. The molecule has 0 aliphatic heterocycles. The van der Waals surface area contributed by atoms with Gasteiger partial charge in [0.2, 0.25) is 0 Å². The number of nitrogens with one attached hydrogen (secondary N) is 1. The predicted octanol–water partition coefficient (Wildman–Crippen LogP) is 2.24. The highest BCUT2D eigenvalue weighted by atomic mass is 35.5. The van der Waals surface area contributed by atoms with Crippen molar-refractivity contribution in [3.63, 3.8) is 0 Å². The largest absolute Gasteiger partial charge is 0.497 e. The SMILES string of the molecule is COc1ccc(-c2nc(Cl)c(CO)[nH]2)c(OC)c1. The number of rotatable bonds is 4. The maximum atomic E-state index is 9.08. The molecule has 0 saturated carbocycles. The molecular weight excluding hydrogens is 256 g/mol. The Morgan fingerprint density at radius 3 is 2.67 bits per heavy atom. The summed E-state index contributed by atoms with van der Waals surface area (Å²) in [6.07, 6.45) is 0. The van der Waals surface area contributed by atoms with E-state index in [1.807, 2.05) is 6.07 Å². The zero-order chi connectivity index (χ0) is 13.1. The van der Waals surface area contributed by atoms with E-state index in [1.54, 1.807) is 26.4 Å². The number of aliphatic hydroxyl groups is 1. The molecule has 0 bridgehead atoms. The molecule has 6 heteroatoms. The number of aromatic nitrogens is 2. The molecule has 2 rings (SSSR count). The van der Waals surface area contributed by atoms with Crippen LogP contribution in [0.3, 0.4) is 0 Å². The minimum atomic E-state index is -0.190. The highest BCUT2D eigenvalue weighted by molar-refractivity contribution is 6.30. The van der Waals surface area contributed by atoms with E-state index in [1.165, 1.54) is 0 Å². The fourth-order valence-corrected chi connectivity index (χ4v) is 1.81. The number of aliphatic hydroxyl groups excluding tert-OH is 1. The first-order valence-electron chi connectivity index (χ1n) is 5.27. The van der Waals surface area contributed by atoms with Crippen LogP contribution in [-0.4, -0.2) is 29.3 Å². The maximum absolute atomic E-state index is 9.08. The van der Waals surface area contributed by atoms with Gasteiger partial charge in [-0.1, -0.05) is 11.6 Å². The van der Waals surface area contributed by atoms with Crippen molar-refractivity contribution >= 4 is 11.6 Å². The summed E-state index contributed by atoms with van der Waals surface area (Å²) in [5.74, 6) is 1.85. The number of halogens is 1. The lowest BCUT2D eigenvalue weighted by Gasteiger charge is -2.08. The van der Waals surface area contributed by atoms with Crippen LogP contribution in [0, 0.1) is 0 Å². The molecule has 0 saturated heterocycles. The van der Waals surface area contributed by atoms with Crippen molar-refractivity contribution in [2.75, 3.05) is 14.2 Å². The Morgan fingerprint density at radius 1 is 1.33 bits per heavy atom. The van der Waals surface area contributed by atoms with E-state index in [-0.39, 0.29) is 11.8 Å². The van der Waals surface area contributed by atoms with Gasteiger partial charge in [-0.25, -0.2) is 4.98 Å². The van der Waals surface area contributed by atoms with Crippen molar-refractivity contribution in [1.29, 1.82) is 0 Å². The van der Waals surface area contributed by atoms with Crippen LogP contribution < -0.4 is 9.47 Å². The lowest BCUT2D eigenvalue weighted by atomic mass is 10.2. The summed E-state index contributed by atoms with van der Waals surface area (Å²) in [5, 5.41) is 9.34. The lowest BCUT2D eigenvalue weighted by molar-refractivity contribution is 0.277. The van der Waals surface area contributed by atoms with Gasteiger partial charge in [-0.15, -0.1) is 0 Å². The molecule has 0 radical (unpaired) electrons. The summed E-state index contributed by atoms with van der Waals surface area (Å²) in [6.45, 7) is -0.190. The average Bonchev–Trinajstić information content (AvgIpc) is 2.79. The lowest BCUT2D eigenvalue weighted by Crippen LogP contribution is -1.91. The molecule has 0 amide bonds. The maximum Gasteiger partial charge on any atom is 0.153 e. The van der Waals surface area contributed by atoms with Crippen LogP contribution in [0.2, 0.25) is 5.15 Å². The van der Waals surface area contributed by atoms with Crippen LogP contribution in [0.4, 0.5) is 0 Å². The number of benzene rings is 1. The van der Waals surface area contributed by atoms with Crippen LogP contribution in [0.1, 0.15) is 5.69 Å². The van der Waals surface area contributed by atoms with Crippen LogP contribution >= 0.6 is 11.6 Å². The summed E-state index contributed by atoms with van der Waals surface area (Å²) in [6, 6.07) is 5.37. The van der Waals surface area contributed by atoms with Crippen molar-refractivity contribution in [1.82, 2.24) is 9.97 Å². The quantitative estimate of drug-likeness (QED) is 0.892. The second-order valence-electron chi connectivity index (χ2n) is 3.58. The number of ether oxygens (including phenoxy) is 2. The second-order valence-corrected chi connectivity index (χ2v) is 3.94. The Labute approximate surface area is 109 Å². The van der Waals surface area contributed by atoms with Crippen molar-refractivity contribution in [3.8, 4) is 22.9 Å². The molecule has 0 fully saturated rings. The summed E-state index contributed by atoms with van der Waals surface area (Å²) in [5.41, 5.74) is 1.23. The van der Waals surface area contributed by atoms with Crippen molar-refractivity contribution in [2.24, 2.45) is 0 Å². The van der Waals surface area contributed by atoms with Gasteiger partial charge in [-0.05, 0) is 12.1 Å². The van der Waals surface area contributed by atoms with Gasteiger partial charge in [0.25, 0.3) is 0 Å². The van der Waals surface area contributed by atoms with Crippen LogP contribution in [0.15, 0.2) is 18.2 Å². The first-order valence-corrected chi connectivity index (χ1v) is 5.65. The first-order chi connectivity index (χ1) is 8.69. The molecule has 1 aromatic carbocycles. The van der Waals surface area contributed by atoms with E-state index in [2.05, 4.69) is 9.97 Å². The number of aromatic amines is 1. The Bertz CT molecular complexity index is 554. The molecule has 1 heterocycles. The van der Waals surface area contributed by atoms with Gasteiger partial charge in [-0.3, -0.25) is 0 Å². The van der Waals surface area contributed by atoms with Crippen molar-refractivity contribution < 1.29 is 14.6 Å². The summed E-state index contributed by atoms with van der Waals surface area (Å²) >= 11 is 5.88. The van der Waals surface area contributed by atoms with Gasteiger partial charge in [0.05, 0.1) is 32.1 Å². The van der Waals surface area contributed by atoms with E-state index >= 15 is 0 Å². The van der Waals surface area contributed by atoms with Crippen molar-refractivity contribution in [3.05, 3.63) is 29.0 Å². The van der Waals surface area contributed by atoms with Crippen LogP contribution in [0.25, 0.3) is 11.4 Å².